The summed E-state index contributed by atoms with van der Waals surface area (Å²) in [5, 5.41) is 2.64. The van der Waals surface area contributed by atoms with Gasteiger partial charge in [-0.25, -0.2) is 13.2 Å². The van der Waals surface area contributed by atoms with Crippen molar-refractivity contribution in [3.05, 3.63) is 29.8 Å². The molecular weight excluding hydrogens is 344 g/mol. The lowest BCUT2D eigenvalue weighted by Gasteiger charge is -2.26. The molecule has 0 radical (unpaired) electrons. The van der Waals surface area contributed by atoms with Gasteiger partial charge in [-0.3, -0.25) is 4.79 Å². The van der Waals surface area contributed by atoms with E-state index < -0.39 is 27.4 Å². The number of sulfonamides is 1. The Morgan fingerprint density at radius 1 is 1.24 bits per heavy atom. The second-order valence-electron chi connectivity index (χ2n) is 6.27. The fourth-order valence-electron chi connectivity index (χ4n) is 2.05. The lowest BCUT2D eigenvalue weighted by atomic mass is 9.98. The molecule has 0 fully saturated rings. The van der Waals surface area contributed by atoms with Crippen LogP contribution in [-0.2, 0) is 19.6 Å². The summed E-state index contributed by atoms with van der Waals surface area (Å²) >= 11 is 0. The van der Waals surface area contributed by atoms with E-state index in [4.69, 9.17) is 4.74 Å². The molecule has 0 aliphatic rings. The molecule has 140 valence electrons. The van der Waals surface area contributed by atoms with Crippen molar-refractivity contribution in [1.82, 2.24) is 9.62 Å². The first kappa shape index (κ1) is 21.1. The smallest absolute Gasteiger partial charge is 0.331 e. The number of benzene rings is 1. The quantitative estimate of drug-likeness (QED) is 0.739. The molecule has 0 saturated carbocycles. The highest BCUT2D eigenvalue weighted by molar-refractivity contribution is 7.89. The largest absolute Gasteiger partial charge is 0.467 e. The van der Waals surface area contributed by atoms with Crippen LogP contribution in [0.15, 0.2) is 29.2 Å². The van der Waals surface area contributed by atoms with E-state index in [1.165, 1.54) is 42.7 Å². The van der Waals surface area contributed by atoms with E-state index in [1.54, 1.807) is 27.7 Å². The Labute approximate surface area is 149 Å². The summed E-state index contributed by atoms with van der Waals surface area (Å²) in [7, 11) is -0.850. The lowest BCUT2D eigenvalue weighted by molar-refractivity contribution is -0.147. The van der Waals surface area contributed by atoms with Gasteiger partial charge in [-0.05, 0) is 51.5 Å². The van der Waals surface area contributed by atoms with Crippen molar-refractivity contribution in [1.29, 1.82) is 0 Å². The molecule has 1 aromatic rings. The first-order valence-electron chi connectivity index (χ1n) is 7.98. The van der Waals surface area contributed by atoms with E-state index in [9.17, 15) is 18.0 Å². The lowest BCUT2D eigenvalue weighted by Crippen LogP contribution is -2.52. The van der Waals surface area contributed by atoms with Crippen molar-refractivity contribution in [2.45, 2.75) is 50.6 Å². The molecule has 1 aromatic carbocycles. The summed E-state index contributed by atoms with van der Waals surface area (Å²) < 4.78 is 30.8. The molecule has 25 heavy (non-hydrogen) atoms. The average molecular weight is 370 g/mol. The normalized spacial score (nSPS) is 14.2. The number of carbonyl (C=O) groups excluding carboxylic acids is 2. The summed E-state index contributed by atoms with van der Waals surface area (Å²) in [5.41, 5.74) is -0.885. The maximum absolute atomic E-state index is 12.4. The number of hydrogen-bond donors (Lipinski definition) is 1. The second-order valence-corrected chi connectivity index (χ2v) is 8.27. The molecule has 0 saturated heterocycles. The first-order chi connectivity index (χ1) is 11.5. The third-order valence-corrected chi connectivity index (χ3v) is 6.30. The summed E-state index contributed by atoms with van der Waals surface area (Å²) in [6, 6.07) is 5.42. The highest BCUT2D eigenvalue weighted by Crippen LogP contribution is 2.18. The molecule has 0 aliphatic heterocycles. The van der Waals surface area contributed by atoms with Crippen molar-refractivity contribution in [2.75, 3.05) is 14.2 Å². The Bertz CT molecular complexity index is 728. The van der Waals surface area contributed by atoms with E-state index in [1.807, 2.05) is 0 Å². The Morgan fingerprint density at radius 2 is 1.76 bits per heavy atom. The van der Waals surface area contributed by atoms with Gasteiger partial charge in [-0.15, -0.1) is 0 Å². The van der Waals surface area contributed by atoms with Crippen LogP contribution in [0.2, 0.25) is 0 Å². The fourth-order valence-corrected chi connectivity index (χ4v) is 3.42. The van der Waals surface area contributed by atoms with Gasteiger partial charge in [-0.2, -0.15) is 4.31 Å². The molecule has 1 rings (SSSR count). The molecule has 0 aromatic heterocycles. The zero-order valence-corrected chi connectivity index (χ0v) is 16.3. The number of nitrogens with one attached hydrogen (secondary N) is 1. The standard InChI is InChI=1S/C17H26N2O5S/c1-7-17(4,16(21)24-6)18-15(20)13-8-10-14(11-9-13)25(22,23)19(5)12(2)3/h8-12H,7H2,1-6H3,(H,18,20). The minimum Gasteiger partial charge on any atom is -0.467 e. The maximum atomic E-state index is 12.4. The first-order valence-corrected chi connectivity index (χ1v) is 9.42. The molecule has 1 unspecified atom stereocenters. The highest BCUT2D eigenvalue weighted by Gasteiger charge is 2.34. The molecular formula is C17H26N2O5S. The van der Waals surface area contributed by atoms with Crippen LogP contribution in [0.5, 0.6) is 0 Å². The highest BCUT2D eigenvalue weighted by atomic mass is 32.2. The zero-order chi connectivity index (χ0) is 19.4. The maximum Gasteiger partial charge on any atom is 0.331 e. The van der Waals surface area contributed by atoms with Gasteiger partial charge < -0.3 is 10.1 Å². The topological polar surface area (TPSA) is 92.8 Å². The van der Waals surface area contributed by atoms with Crippen LogP contribution in [0.3, 0.4) is 0 Å². The minimum absolute atomic E-state index is 0.103. The van der Waals surface area contributed by atoms with Crippen molar-refractivity contribution < 1.29 is 22.7 Å². The van der Waals surface area contributed by atoms with Gasteiger partial charge in [-0.1, -0.05) is 6.92 Å². The molecule has 1 amide bonds. The van der Waals surface area contributed by atoms with Crippen LogP contribution in [-0.4, -0.2) is 50.3 Å². The second kappa shape index (κ2) is 7.97. The number of methoxy groups -OCH3 is 1. The molecule has 0 bridgehead atoms. The Hall–Kier alpha value is -1.93. The third-order valence-electron chi connectivity index (χ3n) is 4.25. The number of ether oxygens (including phenoxy) is 1. The van der Waals surface area contributed by atoms with Crippen LogP contribution >= 0.6 is 0 Å². The third kappa shape index (κ3) is 4.58. The monoisotopic (exact) mass is 370 g/mol. The predicted molar refractivity (Wildman–Crippen MR) is 94.7 cm³/mol. The molecule has 0 heterocycles. The summed E-state index contributed by atoms with van der Waals surface area (Å²) in [6.07, 6.45) is 0.358. The molecule has 0 aliphatic carbocycles. The number of amides is 1. The van der Waals surface area contributed by atoms with Crippen molar-refractivity contribution in [3.8, 4) is 0 Å². The van der Waals surface area contributed by atoms with E-state index in [2.05, 4.69) is 5.32 Å². The summed E-state index contributed by atoms with van der Waals surface area (Å²) in [4.78, 5) is 24.3. The Kier molecular flexibility index (Phi) is 6.73. The van der Waals surface area contributed by atoms with Crippen molar-refractivity contribution in [3.63, 3.8) is 0 Å². The van der Waals surface area contributed by atoms with E-state index in [0.29, 0.717) is 6.42 Å². The van der Waals surface area contributed by atoms with Crippen LogP contribution in [0.4, 0.5) is 0 Å². The summed E-state index contributed by atoms with van der Waals surface area (Å²) in [6.45, 7) is 6.89. The van der Waals surface area contributed by atoms with Gasteiger partial charge in [0.1, 0.15) is 5.54 Å². The van der Waals surface area contributed by atoms with Crippen molar-refractivity contribution in [2.24, 2.45) is 0 Å². The summed E-state index contributed by atoms with van der Waals surface area (Å²) in [5.74, 6) is -1.02. The van der Waals surface area contributed by atoms with Crippen LogP contribution in [0.1, 0.15) is 44.5 Å². The number of nitrogens with zero attached hydrogens (tertiary/aromatic N) is 1. The Balaban J connectivity index is 3.04. The average Bonchev–Trinajstić information content (AvgIpc) is 2.59. The number of carbonyl (C=O) groups is 2. The van der Waals surface area contributed by atoms with Gasteiger partial charge in [0, 0.05) is 18.7 Å². The zero-order valence-electron chi connectivity index (χ0n) is 15.5. The Morgan fingerprint density at radius 3 is 2.16 bits per heavy atom. The van der Waals surface area contributed by atoms with Crippen molar-refractivity contribution >= 4 is 21.9 Å². The fraction of sp³-hybridized carbons (Fsp3) is 0.529. The molecule has 8 heteroatoms. The molecule has 1 atom stereocenters. The van der Waals surface area contributed by atoms with E-state index in [0.717, 1.165) is 0 Å². The minimum atomic E-state index is -3.61. The van der Waals surface area contributed by atoms with E-state index >= 15 is 0 Å². The van der Waals surface area contributed by atoms with Gasteiger partial charge in [0.25, 0.3) is 5.91 Å². The number of hydrogen-bond acceptors (Lipinski definition) is 5. The molecule has 0 spiro atoms. The van der Waals surface area contributed by atoms with Gasteiger partial charge in [0.05, 0.1) is 12.0 Å². The van der Waals surface area contributed by atoms with Crippen LogP contribution in [0, 0.1) is 0 Å². The predicted octanol–water partition coefficient (Wildman–Crippen LogP) is 1.79. The molecule has 7 nitrogen and oxygen atoms in total. The van der Waals surface area contributed by atoms with Gasteiger partial charge >= 0.3 is 5.97 Å². The van der Waals surface area contributed by atoms with Crippen LogP contribution < -0.4 is 5.32 Å². The number of rotatable bonds is 7. The number of esters is 1. The SMILES string of the molecule is CCC(C)(NC(=O)c1ccc(S(=O)(=O)N(C)C(C)C)cc1)C(=O)OC. The van der Waals surface area contributed by atoms with Gasteiger partial charge in [0.2, 0.25) is 10.0 Å². The van der Waals surface area contributed by atoms with Gasteiger partial charge in [0.15, 0.2) is 0 Å². The van der Waals surface area contributed by atoms with Crippen LogP contribution in [0.25, 0.3) is 0 Å². The van der Waals surface area contributed by atoms with E-state index in [-0.39, 0.29) is 16.5 Å². The molecule has 1 N–H and O–H groups in total.